The maximum absolute atomic E-state index is 12.3. The first-order chi connectivity index (χ1) is 9.37. The maximum atomic E-state index is 12.3. The molecule has 1 saturated carbocycles. The Bertz CT molecular complexity index is 597. The Hall–Kier alpha value is -0.670. The fourth-order valence-electron chi connectivity index (χ4n) is 1.96. The lowest BCUT2D eigenvalue weighted by molar-refractivity contribution is 0.0934. The third-order valence-corrected chi connectivity index (χ3v) is 6.26. The van der Waals surface area contributed by atoms with Crippen LogP contribution >= 0.6 is 23.7 Å². The van der Waals surface area contributed by atoms with E-state index in [0.29, 0.717) is 12.5 Å². The van der Waals surface area contributed by atoms with Crippen molar-refractivity contribution in [2.75, 3.05) is 20.6 Å². The molecule has 0 saturated heterocycles. The highest BCUT2D eigenvalue weighted by Gasteiger charge is 2.33. The van der Waals surface area contributed by atoms with Gasteiger partial charge in [0, 0.05) is 26.7 Å². The predicted molar refractivity (Wildman–Crippen MR) is 85.5 cm³/mol. The smallest absolute Gasteiger partial charge is 0.263 e. The van der Waals surface area contributed by atoms with Gasteiger partial charge in [0.2, 0.25) is 10.0 Å². The average molecular weight is 354 g/mol. The van der Waals surface area contributed by atoms with Gasteiger partial charge in [0.15, 0.2) is 0 Å². The second-order valence-electron chi connectivity index (χ2n) is 5.05. The van der Waals surface area contributed by atoms with Gasteiger partial charge in [-0.2, -0.15) is 0 Å². The summed E-state index contributed by atoms with van der Waals surface area (Å²) in [5.74, 6) is 0.0700. The minimum atomic E-state index is -3.60. The van der Waals surface area contributed by atoms with E-state index >= 15 is 0 Å². The van der Waals surface area contributed by atoms with E-state index in [0.717, 1.165) is 28.5 Å². The highest BCUT2D eigenvalue weighted by molar-refractivity contribution is 7.89. The molecular weight excluding hydrogens is 334 g/mol. The number of carbonyl (C=O) groups excluding carboxylic acids is 1. The monoisotopic (exact) mass is 353 g/mol. The highest BCUT2D eigenvalue weighted by atomic mass is 35.5. The third-order valence-electron chi connectivity index (χ3n) is 3.36. The van der Waals surface area contributed by atoms with Gasteiger partial charge in [0.1, 0.15) is 9.77 Å². The summed E-state index contributed by atoms with van der Waals surface area (Å²) in [6.45, 7) is 0.373. The van der Waals surface area contributed by atoms with E-state index in [1.54, 1.807) is 5.38 Å². The van der Waals surface area contributed by atoms with Gasteiger partial charge >= 0.3 is 0 Å². The fraction of sp³-hybridized carbons (Fsp3) is 0.583. The van der Waals surface area contributed by atoms with Crippen molar-refractivity contribution in [1.82, 2.24) is 9.62 Å². The summed E-state index contributed by atoms with van der Waals surface area (Å²) in [5, 5.41) is 4.46. The van der Waals surface area contributed by atoms with Crippen LogP contribution in [0, 0.1) is 5.92 Å². The normalized spacial score (nSPS) is 16.4. The van der Waals surface area contributed by atoms with Gasteiger partial charge < -0.3 is 11.1 Å². The number of thiophene rings is 1. The molecule has 1 aliphatic rings. The first-order valence-corrected chi connectivity index (χ1v) is 8.71. The van der Waals surface area contributed by atoms with E-state index in [1.165, 1.54) is 20.2 Å². The Labute approximate surface area is 135 Å². The summed E-state index contributed by atoms with van der Waals surface area (Å²) in [6.07, 6.45) is 2.13. The summed E-state index contributed by atoms with van der Waals surface area (Å²) in [7, 11) is -0.713. The SMILES string of the molecule is CN(C)S(=O)(=O)c1ccsc1C(=O)NC(CN)C1CC1.Cl. The Morgan fingerprint density at radius 1 is 1.52 bits per heavy atom. The van der Waals surface area contributed by atoms with Gasteiger partial charge in [0.05, 0.1) is 0 Å². The predicted octanol–water partition coefficient (Wildman–Crippen LogP) is 0.887. The molecule has 21 heavy (non-hydrogen) atoms. The van der Waals surface area contributed by atoms with Crippen molar-refractivity contribution >= 4 is 39.7 Å². The van der Waals surface area contributed by atoms with Crippen LogP contribution in [0.4, 0.5) is 0 Å². The van der Waals surface area contributed by atoms with Crippen molar-refractivity contribution in [3.05, 3.63) is 16.3 Å². The molecule has 3 N–H and O–H groups in total. The summed E-state index contributed by atoms with van der Waals surface area (Å²) in [4.78, 5) is 12.5. The molecule has 0 aliphatic heterocycles. The lowest BCUT2D eigenvalue weighted by atomic mass is 10.2. The number of amides is 1. The topological polar surface area (TPSA) is 92.5 Å². The molecule has 2 rings (SSSR count). The van der Waals surface area contributed by atoms with Gasteiger partial charge in [-0.1, -0.05) is 0 Å². The van der Waals surface area contributed by atoms with E-state index < -0.39 is 10.0 Å². The van der Waals surface area contributed by atoms with Crippen molar-refractivity contribution in [3.8, 4) is 0 Å². The van der Waals surface area contributed by atoms with Gasteiger partial charge in [-0.25, -0.2) is 12.7 Å². The van der Waals surface area contributed by atoms with Crippen molar-refractivity contribution in [2.45, 2.75) is 23.8 Å². The number of hydrogen-bond donors (Lipinski definition) is 2. The highest BCUT2D eigenvalue weighted by Crippen LogP contribution is 2.32. The molecule has 1 aromatic heterocycles. The summed E-state index contributed by atoms with van der Waals surface area (Å²) in [6, 6.07) is 1.39. The standard InChI is InChI=1S/C12H19N3O3S2.ClH/c1-15(2)20(17,18)10-5-6-19-11(10)12(16)14-9(7-13)8-3-4-8;/h5-6,8-9H,3-4,7,13H2,1-2H3,(H,14,16);1H. The first-order valence-electron chi connectivity index (χ1n) is 6.39. The molecule has 1 aromatic rings. The van der Waals surface area contributed by atoms with Crippen molar-refractivity contribution < 1.29 is 13.2 Å². The van der Waals surface area contributed by atoms with Crippen LogP contribution < -0.4 is 11.1 Å². The molecular formula is C12H20ClN3O3S2. The molecule has 0 bridgehead atoms. The van der Waals surface area contributed by atoms with Crippen LogP contribution in [0.15, 0.2) is 16.3 Å². The van der Waals surface area contributed by atoms with E-state index in [2.05, 4.69) is 5.32 Å². The molecule has 6 nitrogen and oxygen atoms in total. The minimum absolute atomic E-state index is 0. The molecule has 1 heterocycles. The molecule has 1 aliphatic carbocycles. The molecule has 0 spiro atoms. The van der Waals surface area contributed by atoms with Crippen LogP contribution in [0.2, 0.25) is 0 Å². The number of carbonyl (C=O) groups is 1. The van der Waals surface area contributed by atoms with Crippen LogP contribution in [0.3, 0.4) is 0 Å². The number of nitrogens with two attached hydrogens (primary N) is 1. The minimum Gasteiger partial charge on any atom is -0.347 e. The number of rotatable bonds is 6. The summed E-state index contributed by atoms with van der Waals surface area (Å²) < 4.78 is 25.4. The molecule has 1 atom stereocenters. The maximum Gasteiger partial charge on any atom is 0.263 e. The third kappa shape index (κ3) is 3.95. The summed E-state index contributed by atoms with van der Waals surface area (Å²) in [5.41, 5.74) is 5.65. The number of sulfonamides is 1. The van der Waals surface area contributed by atoms with E-state index in [4.69, 9.17) is 5.73 Å². The molecule has 120 valence electrons. The average Bonchev–Trinajstić information content (AvgIpc) is 3.10. The van der Waals surface area contributed by atoms with Crippen LogP contribution in [0.5, 0.6) is 0 Å². The van der Waals surface area contributed by atoms with Crippen LogP contribution in [0.1, 0.15) is 22.5 Å². The lowest BCUT2D eigenvalue weighted by Gasteiger charge is -2.17. The molecule has 1 amide bonds. The van der Waals surface area contributed by atoms with Crippen LogP contribution in [-0.2, 0) is 10.0 Å². The zero-order chi connectivity index (χ0) is 14.9. The van der Waals surface area contributed by atoms with Gasteiger partial charge in [-0.3, -0.25) is 4.79 Å². The molecule has 9 heteroatoms. The number of halogens is 1. The Morgan fingerprint density at radius 2 is 2.14 bits per heavy atom. The summed E-state index contributed by atoms with van der Waals surface area (Å²) >= 11 is 1.13. The van der Waals surface area contributed by atoms with Gasteiger partial charge in [-0.05, 0) is 30.2 Å². The van der Waals surface area contributed by atoms with Crippen LogP contribution in [0.25, 0.3) is 0 Å². The quantitative estimate of drug-likeness (QED) is 0.794. The first kappa shape index (κ1) is 18.4. The van der Waals surface area contributed by atoms with Gasteiger partial charge in [-0.15, -0.1) is 23.7 Å². The second-order valence-corrected chi connectivity index (χ2v) is 8.09. The largest absolute Gasteiger partial charge is 0.347 e. The zero-order valence-corrected chi connectivity index (χ0v) is 14.4. The van der Waals surface area contributed by atoms with Crippen molar-refractivity contribution in [1.29, 1.82) is 0 Å². The Morgan fingerprint density at radius 3 is 2.62 bits per heavy atom. The van der Waals surface area contributed by atoms with E-state index in [1.807, 2.05) is 0 Å². The molecule has 1 unspecified atom stereocenters. The zero-order valence-electron chi connectivity index (χ0n) is 11.9. The second kappa shape index (κ2) is 7.06. The number of nitrogens with one attached hydrogen (secondary N) is 1. The lowest BCUT2D eigenvalue weighted by Crippen LogP contribution is -2.42. The van der Waals surface area contributed by atoms with Crippen molar-refractivity contribution in [3.63, 3.8) is 0 Å². The number of hydrogen-bond acceptors (Lipinski definition) is 5. The van der Waals surface area contributed by atoms with Crippen LogP contribution in [-0.4, -0.2) is 45.3 Å². The van der Waals surface area contributed by atoms with Crippen molar-refractivity contribution in [2.24, 2.45) is 11.7 Å². The Kier molecular flexibility index (Phi) is 6.18. The Balaban J connectivity index is 0.00000220. The molecule has 1 fully saturated rings. The van der Waals surface area contributed by atoms with E-state index in [9.17, 15) is 13.2 Å². The van der Waals surface area contributed by atoms with Gasteiger partial charge in [0.25, 0.3) is 5.91 Å². The fourth-order valence-corrected chi connectivity index (χ4v) is 4.16. The van der Waals surface area contributed by atoms with E-state index in [-0.39, 0.29) is 34.1 Å². The number of nitrogens with zero attached hydrogens (tertiary/aromatic N) is 1. The molecule has 0 radical (unpaired) electrons. The molecule has 0 aromatic carbocycles.